The van der Waals surface area contributed by atoms with Gasteiger partial charge in [-0.25, -0.2) is 4.98 Å². The highest BCUT2D eigenvalue weighted by atomic mass is 32.1. The maximum absolute atomic E-state index is 4.43. The van der Waals surface area contributed by atoms with Gasteiger partial charge < -0.3 is 5.32 Å². The molecule has 0 aromatic carbocycles. The van der Waals surface area contributed by atoms with Crippen molar-refractivity contribution in [2.24, 2.45) is 5.41 Å². The largest absolute Gasteiger partial charge is 0.309 e. The summed E-state index contributed by atoms with van der Waals surface area (Å²) in [7, 11) is 0. The number of nitrogens with one attached hydrogen (secondary N) is 1. The van der Waals surface area contributed by atoms with E-state index < -0.39 is 0 Å². The van der Waals surface area contributed by atoms with Crippen molar-refractivity contribution < 1.29 is 0 Å². The summed E-state index contributed by atoms with van der Waals surface area (Å²) in [5, 5.41) is 6.95. The summed E-state index contributed by atoms with van der Waals surface area (Å²) in [4.78, 5) is 7.02. The monoisotopic (exact) mass is 267 g/mol. The minimum Gasteiger partial charge on any atom is -0.309 e. The van der Waals surface area contributed by atoms with Gasteiger partial charge in [-0.05, 0) is 19.3 Å². The van der Waals surface area contributed by atoms with Crippen LogP contribution in [0.2, 0.25) is 0 Å². The van der Waals surface area contributed by atoms with Gasteiger partial charge in [0.2, 0.25) is 0 Å². The van der Waals surface area contributed by atoms with Crippen LogP contribution in [-0.4, -0.2) is 34.6 Å². The zero-order valence-electron chi connectivity index (χ0n) is 12.2. The lowest BCUT2D eigenvalue weighted by Gasteiger charge is -2.49. The smallest absolute Gasteiger partial charge is 0.107 e. The second kappa shape index (κ2) is 4.91. The third-order valence-electron chi connectivity index (χ3n) is 3.63. The molecule has 0 saturated carbocycles. The van der Waals surface area contributed by atoms with Crippen molar-refractivity contribution >= 4 is 11.3 Å². The van der Waals surface area contributed by atoms with E-state index in [1.807, 2.05) is 6.20 Å². The molecule has 18 heavy (non-hydrogen) atoms. The summed E-state index contributed by atoms with van der Waals surface area (Å²) in [5.74, 6) is 0. The average molecular weight is 267 g/mol. The first-order valence-electron chi connectivity index (χ1n) is 6.65. The average Bonchev–Trinajstić information content (AvgIpc) is 2.66. The Hall–Kier alpha value is -0.450. The first-order chi connectivity index (χ1) is 8.28. The van der Waals surface area contributed by atoms with E-state index in [1.54, 1.807) is 11.3 Å². The van der Waals surface area contributed by atoms with Gasteiger partial charge in [-0.3, -0.25) is 4.90 Å². The summed E-state index contributed by atoms with van der Waals surface area (Å²) >= 11 is 1.76. The van der Waals surface area contributed by atoms with Crippen LogP contribution in [0, 0.1) is 5.41 Å². The Kier molecular flexibility index (Phi) is 3.81. The number of piperazine rings is 1. The second-order valence-electron chi connectivity index (χ2n) is 6.98. The summed E-state index contributed by atoms with van der Waals surface area (Å²) < 4.78 is 0. The highest BCUT2D eigenvalue weighted by Gasteiger charge is 2.38. The Morgan fingerprint density at radius 3 is 2.78 bits per heavy atom. The molecule has 102 valence electrons. The molecule has 3 nitrogen and oxygen atoms in total. The highest BCUT2D eigenvalue weighted by Crippen LogP contribution is 2.30. The predicted molar refractivity (Wildman–Crippen MR) is 77.8 cm³/mol. The lowest BCUT2D eigenvalue weighted by molar-refractivity contribution is 0.0271. The van der Waals surface area contributed by atoms with Crippen molar-refractivity contribution in [3.63, 3.8) is 0 Å². The Balaban J connectivity index is 2.14. The molecule has 2 rings (SSSR count). The molecule has 1 unspecified atom stereocenters. The lowest BCUT2D eigenvalue weighted by Crippen LogP contribution is -2.64. The van der Waals surface area contributed by atoms with E-state index in [2.05, 4.69) is 55.2 Å². The molecule has 0 spiro atoms. The molecular formula is C14H25N3S. The molecule has 2 heterocycles. The third-order valence-corrected chi connectivity index (χ3v) is 4.40. The van der Waals surface area contributed by atoms with E-state index in [9.17, 15) is 0 Å². The van der Waals surface area contributed by atoms with Gasteiger partial charge in [-0.2, -0.15) is 0 Å². The quantitative estimate of drug-likeness (QED) is 0.893. The van der Waals surface area contributed by atoms with Crippen LogP contribution < -0.4 is 5.32 Å². The second-order valence-corrected chi connectivity index (χ2v) is 7.96. The Bertz CT molecular complexity index is 378. The fourth-order valence-corrected chi connectivity index (χ4v) is 3.34. The number of aromatic nitrogens is 1. The van der Waals surface area contributed by atoms with Crippen LogP contribution in [-0.2, 0) is 6.54 Å². The van der Waals surface area contributed by atoms with Gasteiger partial charge in [-0.1, -0.05) is 20.8 Å². The molecule has 0 bridgehead atoms. The van der Waals surface area contributed by atoms with Crippen molar-refractivity contribution in [2.45, 2.75) is 52.7 Å². The fraction of sp³-hybridized carbons (Fsp3) is 0.786. The van der Waals surface area contributed by atoms with Crippen LogP contribution in [0.5, 0.6) is 0 Å². The summed E-state index contributed by atoms with van der Waals surface area (Å²) in [6.07, 6.45) is 1.90. The normalized spacial score (nSPS) is 25.3. The van der Waals surface area contributed by atoms with Crippen molar-refractivity contribution in [3.05, 3.63) is 16.6 Å². The van der Waals surface area contributed by atoms with E-state index in [0.29, 0.717) is 11.5 Å². The molecule has 1 aromatic heterocycles. The van der Waals surface area contributed by atoms with Crippen molar-refractivity contribution in [3.8, 4) is 0 Å². The molecule has 1 aliphatic heterocycles. The topological polar surface area (TPSA) is 28.2 Å². The van der Waals surface area contributed by atoms with Gasteiger partial charge in [0.1, 0.15) is 5.01 Å². The summed E-state index contributed by atoms with van der Waals surface area (Å²) in [5.41, 5.74) is 0.486. The molecule has 1 aliphatic rings. The summed E-state index contributed by atoms with van der Waals surface area (Å²) in [6.45, 7) is 14.6. The van der Waals surface area contributed by atoms with E-state index >= 15 is 0 Å². The zero-order valence-corrected chi connectivity index (χ0v) is 13.0. The Morgan fingerprint density at radius 1 is 1.50 bits per heavy atom. The molecular weight excluding hydrogens is 242 g/mol. The molecule has 0 aliphatic carbocycles. The van der Waals surface area contributed by atoms with Gasteiger partial charge in [0, 0.05) is 36.2 Å². The Morgan fingerprint density at radius 2 is 2.22 bits per heavy atom. The zero-order chi connectivity index (χ0) is 13.4. The molecule has 1 aromatic rings. The molecule has 0 radical (unpaired) electrons. The number of hydrogen-bond acceptors (Lipinski definition) is 4. The lowest BCUT2D eigenvalue weighted by atomic mass is 9.82. The molecule has 1 atom stereocenters. The molecule has 1 N–H and O–H groups in total. The Labute approximate surface area is 115 Å². The first kappa shape index (κ1) is 14.0. The predicted octanol–water partition coefficient (Wildman–Crippen LogP) is 2.74. The van der Waals surface area contributed by atoms with Gasteiger partial charge in [-0.15, -0.1) is 11.3 Å². The minimum atomic E-state index is 0.193. The van der Waals surface area contributed by atoms with Gasteiger partial charge in [0.05, 0.1) is 6.54 Å². The maximum Gasteiger partial charge on any atom is 0.107 e. The molecule has 1 fully saturated rings. The third kappa shape index (κ3) is 3.31. The standard InChI is InChI=1S/C14H25N3S/c1-13(2,3)11-8-16-14(4,5)10-17(11)9-12-15-6-7-18-12/h6-7,11,16H,8-10H2,1-5H3. The number of rotatable bonds is 2. The van der Waals surface area contributed by atoms with Crippen LogP contribution in [0.15, 0.2) is 11.6 Å². The molecule has 1 saturated heterocycles. The van der Waals surface area contributed by atoms with E-state index in [-0.39, 0.29) is 5.54 Å². The van der Waals surface area contributed by atoms with Crippen LogP contribution >= 0.6 is 11.3 Å². The SMILES string of the molecule is CC1(C)CN(Cc2nccs2)C(C(C)(C)C)CN1. The van der Waals surface area contributed by atoms with Crippen LogP contribution in [0.4, 0.5) is 0 Å². The number of nitrogens with zero attached hydrogens (tertiary/aromatic N) is 2. The van der Waals surface area contributed by atoms with Crippen molar-refractivity contribution in [1.29, 1.82) is 0 Å². The molecule has 4 heteroatoms. The van der Waals surface area contributed by atoms with Crippen LogP contribution in [0.3, 0.4) is 0 Å². The highest BCUT2D eigenvalue weighted by molar-refractivity contribution is 7.09. The van der Waals surface area contributed by atoms with Crippen molar-refractivity contribution in [1.82, 2.24) is 15.2 Å². The minimum absolute atomic E-state index is 0.193. The van der Waals surface area contributed by atoms with Crippen molar-refractivity contribution in [2.75, 3.05) is 13.1 Å². The number of hydrogen-bond donors (Lipinski definition) is 1. The first-order valence-corrected chi connectivity index (χ1v) is 7.53. The summed E-state index contributed by atoms with van der Waals surface area (Å²) in [6, 6.07) is 0.564. The van der Waals surface area contributed by atoms with Gasteiger partial charge >= 0.3 is 0 Å². The van der Waals surface area contributed by atoms with E-state index in [0.717, 1.165) is 19.6 Å². The maximum atomic E-state index is 4.43. The fourth-order valence-electron chi connectivity index (χ4n) is 2.70. The van der Waals surface area contributed by atoms with Crippen LogP contribution in [0.1, 0.15) is 39.6 Å². The van der Waals surface area contributed by atoms with E-state index in [1.165, 1.54) is 5.01 Å². The molecule has 0 amide bonds. The van der Waals surface area contributed by atoms with Gasteiger partial charge in [0.15, 0.2) is 0 Å². The van der Waals surface area contributed by atoms with E-state index in [4.69, 9.17) is 0 Å². The number of thiazole rings is 1. The van der Waals surface area contributed by atoms with Crippen LogP contribution in [0.25, 0.3) is 0 Å². The van der Waals surface area contributed by atoms with Gasteiger partial charge in [0.25, 0.3) is 0 Å².